The van der Waals surface area contributed by atoms with Crippen LogP contribution in [0.1, 0.15) is 43.2 Å². The molecule has 0 unspecified atom stereocenters. The molecule has 4 fully saturated rings. The molecule has 0 radical (unpaired) electrons. The first-order chi connectivity index (χ1) is 14.0. The average Bonchev–Trinajstić information content (AvgIpc) is 3.02. The van der Waals surface area contributed by atoms with E-state index < -0.39 is 5.54 Å². The summed E-state index contributed by atoms with van der Waals surface area (Å²) in [6.45, 7) is 1.38. The normalized spacial score (nSPS) is 33.3. The van der Waals surface area contributed by atoms with Crippen LogP contribution in [0.4, 0.5) is 4.79 Å². The molecule has 2 saturated carbocycles. The quantitative estimate of drug-likeness (QED) is 0.781. The molecule has 8 heteroatoms. The maximum atomic E-state index is 12.8. The van der Waals surface area contributed by atoms with Crippen molar-refractivity contribution >= 4 is 11.9 Å². The van der Waals surface area contributed by atoms with E-state index in [0.717, 1.165) is 29.9 Å². The summed E-state index contributed by atoms with van der Waals surface area (Å²) < 4.78 is 17.4. The highest BCUT2D eigenvalue weighted by Crippen LogP contribution is 2.59. The van der Waals surface area contributed by atoms with E-state index in [4.69, 9.17) is 14.2 Å². The standard InChI is InChI=1S/C21H21N3O5/c22-9-12-5-15-17(20(1-2-20)10-28-15)16(6-12)29-14-7-13(8-14)24-18(25)21(23-19(24)26)3-4-27-11-21/h5-6,13-14H,1-4,7-8,10-11H2,(H,23,26)/t13?,14?,21-/m0/s1. The van der Waals surface area contributed by atoms with Crippen molar-refractivity contribution in [1.82, 2.24) is 10.2 Å². The predicted octanol–water partition coefficient (Wildman–Crippen LogP) is 1.60. The maximum absolute atomic E-state index is 12.8. The number of urea groups is 1. The van der Waals surface area contributed by atoms with Gasteiger partial charge in [-0.2, -0.15) is 5.26 Å². The van der Waals surface area contributed by atoms with Crippen LogP contribution in [0.3, 0.4) is 0 Å². The first kappa shape index (κ1) is 17.1. The second kappa shape index (κ2) is 5.63. The Balaban J connectivity index is 1.18. The number of imide groups is 1. The minimum atomic E-state index is -0.874. The summed E-state index contributed by atoms with van der Waals surface area (Å²) in [5.74, 6) is 1.29. The van der Waals surface area contributed by atoms with Crippen LogP contribution in [0.5, 0.6) is 11.5 Å². The summed E-state index contributed by atoms with van der Waals surface area (Å²) in [7, 11) is 0. The monoisotopic (exact) mass is 395 g/mol. The topological polar surface area (TPSA) is 101 Å². The lowest BCUT2D eigenvalue weighted by Crippen LogP contribution is -2.53. The number of carbonyl (C=O) groups is 2. The summed E-state index contributed by atoms with van der Waals surface area (Å²) in [6, 6.07) is 5.25. The summed E-state index contributed by atoms with van der Waals surface area (Å²) in [4.78, 5) is 26.6. The highest BCUT2D eigenvalue weighted by atomic mass is 16.5. The fourth-order valence-corrected chi connectivity index (χ4v) is 5.05. The number of ether oxygens (including phenoxy) is 3. The molecule has 1 aromatic carbocycles. The Morgan fingerprint density at radius 1 is 1.21 bits per heavy atom. The van der Waals surface area contributed by atoms with Crippen molar-refractivity contribution < 1.29 is 23.8 Å². The minimum Gasteiger partial charge on any atom is -0.492 e. The highest BCUT2D eigenvalue weighted by Gasteiger charge is 2.57. The van der Waals surface area contributed by atoms with Crippen LogP contribution in [0, 0.1) is 11.3 Å². The van der Waals surface area contributed by atoms with Gasteiger partial charge in [-0.05, 0) is 25.0 Å². The largest absolute Gasteiger partial charge is 0.492 e. The lowest BCUT2D eigenvalue weighted by atomic mass is 9.86. The van der Waals surface area contributed by atoms with Gasteiger partial charge in [0.05, 0.1) is 24.8 Å². The van der Waals surface area contributed by atoms with Crippen molar-refractivity contribution in [1.29, 1.82) is 5.26 Å². The zero-order chi connectivity index (χ0) is 19.8. The van der Waals surface area contributed by atoms with Gasteiger partial charge in [0, 0.05) is 42.9 Å². The highest BCUT2D eigenvalue weighted by molar-refractivity contribution is 6.07. The van der Waals surface area contributed by atoms with Crippen molar-refractivity contribution in [2.75, 3.05) is 19.8 Å². The lowest BCUT2D eigenvalue weighted by molar-refractivity contribution is -0.135. The second-order valence-corrected chi connectivity index (χ2v) is 8.88. The van der Waals surface area contributed by atoms with Crippen molar-refractivity contribution in [3.05, 3.63) is 23.3 Å². The third-order valence-corrected chi connectivity index (χ3v) is 7.03. The number of benzene rings is 1. The number of fused-ring (bicyclic) bond motifs is 2. The molecule has 3 aliphatic heterocycles. The zero-order valence-corrected chi connectivity index (χ0v) is 15.9. The second-order valence-electron chi connectivity index (χ2n) is 8.88. The Morgan fingerprint density at radius 3 is 2.72 bits per heavy atom. The van der Waals surface area contributed by atoms with E-state index in [1.54, 1.807) is 12.1 Å². The molecule has 5 aliphatic rings. The predicted molar refractivity (Wildman–Crippen MR) is 98.5 cm³/mol. The molecule has 1 atom stereocenters. The Hall–Kier alpha value is -2.79. The first-order valence-electron chi connectivity index (χ1n) is 10.2. The van der Waals surface area contributed by atoms with Crippen molar-refractivity contribution in [3.8, 4) is 17.6 Å². The zero-order valence-electron chi connectivity index (χ0n) is 15.9. The molecular formula is C21H21N3O5. The van der Waals surface area contributed by atoms with E-state index in [0.29, 0.717) is 38.0 Å². The molecule has 0 bridgehead atoms. The van der Waals surface area contributed by atoms with E-state index >= 15 is 0 Å². The van der Waals surface area contributed by atoms with E-state index in [2.05, 4.69) is 11.4 Å². The van der Waals surface area contributed by atoms with Gasteiger partial charge < -0.3 is 19.5 Å². The fraction of sp³-hybridized carbons (Fsp3) is 0.571. The van der Waals surface area contributed by atoms with Gasteiger partial charge in [0.1, 0.15) is 23.1 Å². The fourth-order valence-electron chi connectivity index (χ4n) is 5.05. The number of hydrogen-bond acceptors (Lipinski definition) is 6. The molecule has 0 aromatic heterocycles. The third-order valence-electron chi connectivity index (χ3n) is 7.03. The van der Waals surface area contributed by atoms with Gasteiger partial charge >= 0.3 is 6.03 Å². The molecular weight excluding hydrogens is 374 g/mol. The third kappa shape index (κ3) is 2.34. The minimum absolute atomic E-state index is 0.0431. The Kier molecular flexibility index (Phi) is 3.32. The number of nitrogens with one attached hydrogen (secondary N) is 1. The maximum Gasteiger partial charge on any atom is 0.325 e. The van der Waals surface area contributed by atoms with Gasteiger partial charge in [0.15, 0.2) is 0 Å². The van der Waals surface area contributed by atoms with E-state index in [9.17, 15) is 14.9 Å². The van der Waals surface area contributed by atoms with Gasteiger partial charge in [-0.3, -0.25) is 9.69 Å². The SMILES string of the molecule is N#Cc1cc2c(c(OC3CC(N4C(=O)N[C@]5(CCOC5)C4=O)C3)c1)C1(CC1)CO2. The van der Waals surface area contributed by atoms with E-state index in [1.807, 2.05) is 0 Å². The van der Waals surface area contributed by atoms with Crippen LogP contribution in [-0.2, 0) is 14.9 Å². The molecule has 6 rings (SSSR count). The Morgan fingerprint density at radius 2 is 2.03 bits per heavy atom. The molecule has 8 nitrogen and oxygen atoms in total. The molecule has 3 amide bonds. The summed E-state index contributed by atoms with van der Waals surface area (Å²) in [5.41, 5.74) is 0.767. The molecule has 1 N–H and O–H groups in total. The Labute approximate surface area is 167 Å². The molecule has 2 aliphatic carbocycles. The number of carbonyl (C=O) groups excluding carboxylic acids is 2. The van der Waals surface area contributed by atoms with Crippen molar-refractivity contribution in [3.63, 3.8) is 0 Å². The summed E-state index contributed by atoms with van der Waals surface area (Å²) in [6.07, 6.45) is 3.76. The van der Waals surface area contributed by atoms with Crippen molar-refractivity contribution in [2.45, 2.75) is 55.2 Å². The van der Waals surface area contributed by atoms with Crippen LogP contribution in [0.25, 0.3) is 0 Å². The molecule has 2 saturated heterocycles. The summed E-state index contributed by atoms with van der Waals surface area (Å²) >= 11 is 0. The molecule has 29 heavy (non-hydrogen) atoms. The average molecular weight is 395 g/mol. The van der Waals surface area contributed by atoms with Crippen LogP contribution in [-0.4, -0.2) is 54.3 Å². The number of amides is 3. The van der Waals surface area contributed by atoms with Crippen LogP contribution >= 0.6 is 0 Å². The first-order valence-corrected chi connectivity index (χ1v) is 10.2. The van der Waals surface area contributed by atoms with Gasteiger partial charge in [-0.25, -0.2) is 4.79 Å². The molecule has 3 heterocycles. The smallest absolute Gasteiger partial charge is 0.325 e. The van der Waals surface area contributed by atoms with Gasteiger partial charge in [-0.15, -0.1) is 0 Å². The van der Waals surface area contributed by atoms with Gasteiger partial charge in [-0.1, -0.05) is 0 Å². The van der Waals surface area contributed by atoms with Crippen LogP contribution in [0.2, 0.25) is 0 Å². The van der Waals surface area contributed by atoms with Crippen LogP contribution < -0.4 is 14.8 Å². The number of nitriles is 1. The number of hydrogen-bond donors (Lipinski definition) is 1. The molecule has 1 aromatic rings. The molecule has 150 valence electrons. The van der Waals surface area contributed by atoms with Crippen molar-refractivity contribution in [2.24, 2.45) is 0 Å². The molecule has 2 spiro atoms. The number of nitrogens with zero attached hydrogens (tertiary/aromatic N) is 2. The van der Waals surface area contributed by atoms with E-state index in [-0.39, 0.29) is 36.1 Å². The van der Waals surface area contributed by atoms with E-state index in [1.165, 1.54) is 4.90 Å². The number of rotatable bonds is 3. The summed E-state index contributed by atoms with van der Waals surface area (Å²) in [5, 5.41) is 12.2. The van der Waals surface area contributed by atoms with Gasteiger partial charge in [0.2, 0.25) is 0 Å². The lowest BCUT2D eigenvalue weighted by Gasteiger charge is -2.40. The Bertz CT molecular complexity index is 967. The van der Waals surface area contributed by atoms with Gasteiger partial charge in [0.25, 0.3) is 5.91 Å². The van der Waals surface area contributed by atoms with Crippen LogP contribution in [0.15, 0.2) is 12.1 Å².